The zero-order valence-corrected chi connectivity index (χ0v) is 11.4. The molecule has 98 valence electrons. The summed E-state index contributed by atoms with van der Waals surface area (Å²) < 4.78 is 28.1. The summed E-state index contributed by atoms with van der Waals surface area (Å²) in [5, 5.41) is 12.9. The van der Waals surface area contributed by atoms with Gasteiger partial charge in [0.05, 0.1) is 17.3 Å². The van der Waals surface area contributed by atoms with Crippen LogP contribution in [0.1, 0.15) is 25.7 Å². The number of sulfonamides is 1. The van der Waals surface area contributed by atoms with E-state index in [0.29, 0.717) is 12.8 Å². The van der Waals surface area contributed by atoms with E-state index in [2.05, 4.69) is 15.9 Å². The van der Waals surface area contributed by atoms with Gasteiger partial charge in [-0.25, -0.2) is 8.42 Å². The van der Waals surface area contributed by atoms with E-state index in [1.165, 1.54) is 17.9 Å². The molecule has 1 fully saturated rings. The fourth-order valence-corrected chi connectivity index (χ4v) is 4.26. The third-order valence-electron chi connectivity index (χ3n) is 3.10. The molecule has 1 aromatic rings. The van der Waals surface area contributed by atoms with Gasteiger partial charge in [-0.05, 0) is 12.8 Å². The van der Waals surface area contributed by atoms with Crippen LogP contribution in [0.4, 0.5) is 0 Å². The second kappa shape index (κ2) is 4.53. The highest BCUT2D eigenvalue weighted by Crippen LogP contribution is 2.31. The largest absolute Gasteiger partial charge is 0.260 e. The van der Waals surface area contributed by atoms with Gasteiger partial charge in [-0.3, -0.25) is 4.68 Å². The molecule has 0 saturated heterocycles. The first-order valence-electron chi connectivity index (χ1n) is 5.53. The predicted octanol–water partition coefficient (Wildman–Crippen LogP) is 1.19. The molecule has 0 bridgehead atoms. The van der Waals surface area contributed by atoms with Crippen molar-refractivity contribution in [1.82, 2.24) is 14.5 Å². The van der Waals surface area contributed by atoms with Crippen molar-refractivity contribution in [3.05, 3.63) is 11.2 Å². The molecule has 0 amide bonds. The molecule has 0 atom stereocenters. The number of hydrogen-bond donors (Lipinski definition) is 1. The third-order valence-corrected chi connectivity index (χ3v) is 5.14. The van der Waals surface area contributed by atoms with E-state index in [9.17, 15) is 13.7 Å². The van der Waals surface area contributed by atoms with Gasteiger partial charge in [-0.15, -0.1) is 0 Å². The van der Waals surface area contributed by atoms with Crippen LogP contribution in [0.3, 0.4) is 0 Å². The van der Waals surface area contributed by atoms with Crippen molar-refractivity contribution in [2.24, 2.45) is 7.05 Å². The summed E-state index contributed by atoms with van der Waals surface area (Å²) >= 11 is 5.82. The molecular formula is C10H13ClN4O2S. The highest BCUT2D eigenvalue weighted by Gasteiger charge is 2.39. The van der Waals surface area contributed by atoms with Crippen molar-refractivity contribution in [2.45, 2.75) is 36.2 Å². The lowest BCUT2D eigenvalue weighted by Crippen LogP contribution is -2.45. The van der Waals surface area contributed by atoms with Gasteiger partial charge in [0.25, 0.3) is 10.0 Å². The fraction of sp³-hybridized carbons (Fsp3) is 0.600. The maximum absolute atomic E-state index is 12.2. The van der Waals surface area contributed by atoms with Gasteiger partial charge in [-0.2, -0.15) is 15.1 Å². The van der Waals surface area contributed by atoms with Gasteiger partial charge in [0.15, 0.2) is 5.03 Å². The van der Waals surface area contributed by atoms with Crippen molar-refractivity contribution in [1.29, 1.82) is 5.26 Å². The molecule has 1 aliphatic rings. The zero-order valence-electron chi connectivity index (χ0n) is 9.85. The minimum absolute atomic E-state index is 0.0519. The van der Waals surface area contributed by atoms with Crippen LogP contribution in [0.25, 0.3) is 0 Å². The summed E-state index contributed by atoms with van der Waals surface area (Å²) in [6, 6.07) is 2.07. The number of rotatable bonds is 3. The van der Waals surface area contributed by atoms with Gasteiger partial charge >= 0.3 is 0 Å². The lowest BCUT2D eigenvalue weighted by molar-refractivity contribution is 0.479. The van der Waals surface area contributed by atoms with Crippen molar-refractivity contribution < 1.29 is 8.42 Å². The second-order valence-corrected chi connectivity index (χ2v) is 6.43. The zero-order chi connectivity index (χ0) is 13.4. The average Bonchev–Trinajstić information content (AvgIpc) is 2.86. The van der Waals surface area contributed by atoms with Crippen LogP contribution < -0.4 is 4.72 Å². The molecule has 1 heterocycles. The molecule has 8 heteroatoms. The first kappa shape index (κ1) is 13.3. The number of nitrogens with zero attached hydrogens (tertiary/aromatic N) is 3. The molecule has 18 heavy (non-hydrogen) atoms. The van der Waals surface area contributed by atoms with Crippen LogP contribution in [-0.2, 0) is 17.1 Å². The number of aryl methyl sites for hydroxylation is 1. The van der Waals surface area contributed by atoms with Crippen molar-refractivity contribution in [3.63, 3.8) is 0 Å². The summed E-state index contributed by atoms with van der Waals surface area (Å²) in [4.78, 5) is 0. The highest BCUT2D eigenvalue weighted by molar-refractivity contribution is 7.89. The second-order valence-electron chi connectivity index (χ2n) is 4.43. The lowest BCUT2D eigenvalue weighted by Gasteiger charge is -2.21. The topological polar surface area (TPSA) is 87.8 Å². The number of halogens is 1. The van der Waals surface area contributed by atoms with Gasteiger partial charge in [-0.1, -0.05) is 24.4 Å². The van der Waals surface area contributed by atoms with E-state index in [1.807, 2.05) is 0 Å². The Kier molecular flexibility index (Phi) is 3.36. The summed E-state index contributed by atoms with van der Waals surface area (Å²) in [6.07, 6.45) is 4.00. The Morgan fingerprint density at radius 2 is 2.17 bits per heavy atom. The van der Waals surface area contributed by atoms with Gasteiger partial charge in [0.1, 0.15) is 5.54 Å². The van der Waals surface area contributed by atoms with Gasteiger partial charge in [0.2, 0.25) is 0 Å². The number of hydrogen-bond acceptors (Lipinski definition) is 4. The average molecular weight is 289 g/mol. The molecule has 2 rings (SSSR count). The Balaban J connectivity index is 2.37. The predicted molar refractivity (Wildman–Crippen MR) is 65.4 cm³/mol. The molecule has 1 saturated carbocycles. The summed E-state index contributed by atoms with van der Waals surface area (Å²) in [6.45, 7) is 0. The van der Waals surface area contributed by atoms with E-state index < -0.39 is 15.6 Å². The lowest BCUT2D eigenvalue weighted by atomic mass is 10.0. The smallest absolute Gasteiger partial charge is 0.255 e. The molecule has 0 radical (unpaired) electrons. The van der Waals surface area contributed by atoms with E-state index in [1.54, 1.807) is 0 Å². The fourth-order valence-electron chi connectivity index (χ4n) is 2.22. The normalized spacial score (nSPS) is 18.7. The Morgan fingerprint density at radius 3 is 2.61 bits per heavy atom. The third kappa shape index (κ3) is 2.23. The Labute approximate surface area is 111 Å². The maximum Gasteiger partial charge on any atom is 0.260 e. The van der Waals surface area contributed by atoms with E-state index in [-0.39, 0.29) is 10.0 Å². The van der Waals surface area contributed by atoms with Crippen LogP contribution in [0.2, 0.25) is 5.02 Å². The Hall–Kier alpha value is -1.10. The minimum Gasteiger partial charge on any atom is -0.255 e. The van der Waals surface area contributed by atoms with Crippen molar-refractivity contribution in [2.75, 3.05) is 0 Å². The quantitative estimate of drug-likeness (QED) is 0.905. The van der Waals surface area contributed by atoms with Crippen LogP contribution in [0, 0.1) is 11.3 Å². The van der Waals surface area contributed by atoms with Crippen LogP contribution in [-0.4, -0.2) is 23.7 Å². The van der Waals surface area contributed by atoms with Gasteiger partial charge in [0, 0.05) is 7.05 Å². The minimum atomic E-state index is -3.84. The standard InChI is InChI=1S/C10H13ClN4O2S/c1-15-9(8(11)6-13-15)18(16,17)14-10(7-12)4-2-3-5-10/h6,14H,2-5H2,1H3. The van der Waals surface area contributed by atoms with Crippen LogP contribution in [0.5, 0.6) is 0 Å². The molecule has 0 aromatic carbocycles. The van der Waals surface area contributed by atoms with E-state index in [4.69, 9.17) is 11.6 Å². The summed E-state index contributed by atoms with van der Waals surface area (Å²) in [7, 11) is -2.34. The summed E-state index contributed by atoms with van der Waals surface area (Å²) in [5.74, 6) is 0. The molecule has 0 unspecified atom stereocenters. The van der Waals surface area contributed by atoms with E-state index in [0.717, 1.165) is 12.8 Å². The van der Waals surface area contributed by atoms with Crippen molar-refractivity contribution in [3.8, 4) is 6.07 Å². The first-order chi connectivity index (χ1) is 8.40. The van der Waals surface area contributed by atoms with Crippen LogP contribution >= 0.6 is 11.6 Å². The number of nitriles is 1. The Bertz CT molecular complexity index is 576. The monoisotopic (exact) mass is 288 g/mol. The van der Waals surface area contributed by atoms with Crippen molar-refractivity contribution >= 4 is 21.6 Å². The molecule has 1 aliphatic carbocycles. The molecule has 1 aromatic heterocycles. The maximum atomic E-state index is 12.2. The SMILES string of the molecule is Cn1ncc(Cl)c1S(=O)(=O)NC1(C#N)CCCC1. The summed E-state index contributed by atoms with van der Waals surface area (Å²) in [5.41, 5.74) is -1.01. The molecule has 6 nitrogen and oxygen atoms in total. The molecule has 1 N–H and O–H groups in total. The Morgan fingerprint density at radius 1 is 1.56 bits per heavy atom. The molecule has 0 spiro atoms. The number of nitrogens with one attached hydrogen (secondary N) is 1. The first-order valence-corrected chi connectivity index (χ1v) is 7.39. The van der Waals surface area contributed by atoms with Gasteiger partial charge < -0.3 is 0 Å². The number of aromatic nitrogens is 2. The van der Waals surface area contributed by atoms with E-state index >= 15 is 0 Å². The highest BCUT2D eigenvalue weighted by atomic mass is 35.5. The van der Waals surface area contributed by atoms with Crippen LogP contribution in [0.15, 0.2) is 11.2 Å². The molecular weight excluding hydrogens is 276 g/mol. The molecule has 0 aliphatic heterocycles.